The van der Waals surface area contributed by atoms with Gasteiger partial charge in [0.15, 0.2) is 0 Å². The average Bonchev–Trinajstić information content (AvgIpc) is 2.33. The highest BCUT2D eigenvalue weighted by atomic mass is 14.3. The first kappa shape index (κ1) is 18.6. The molecule has 0 aromatic carbocycles. The highest BCUT2D eigenvalue weighted by Crippen LogP contribution is 2.37. The van der Waals surface area contributed by atoms with Gasteiger partial charge >= 0.3 is 0 Å². The summed E-state index contributed by atoms with van der Waals surface area (Å²) in [7, 11) is 0. The molecule has 0 fully saturated rings. The Balaban J connectivity index is 5.52. The first-order valence-corrected chi connectivity index (χ1v) is 7.20. The molecule has 0 bridgehead atoms. The van der Waals surface area contributed by atoms with Gasteiger partial charge < -0.3 is 5.41 Å². The summed E-state index contributed by atoms with van der Waals surface area (Å²) in [5.74, 6) is 0. The molecule has 0 radical (unpaired) electrons. The quantitative estimate of drug-likeness (QED) is 0.462. The summed E-state index contributed by atoms with van der Waals surface area (Å²) in [6, 6.07) is 0. The lowest BCUT2D eigenvalue weighted by molar-refractivity contribution is 0.507. The van der Waals surface area contributed by atoms with E-state index in [1.54, 1.807) is 0 Å². The van der Waals surface area contributed by atoms with Crippen LogP contribution in [0.4, 0.5) is 0 Å². The first-order valence-electron chi connectivity index (χ1n) is 7.20. The van der Waals surface area contributed by atoms with Crippen molar-refractivity contribution < 1.29 is 0 Å². The van der Waals surface area contributed by atoms with Crippen molar-refractivity contribution in [3.8, 4) is 0 Å². The summed E-state index contributed by atoms with van der Waals surface area (Å²) in [4.78, 5) is 0. The molecule has 1 nitrogen and oxygen atoms in total. The van der Waals surface area contributed by atoms with Gasteiger partial charge in [-0.05, 0) is 42.9 Å². The third-order valence-corrected chi connectivity index (χ3v) is 3.97. The van der Waals surface area contributed by atoms with E-state index < -0.39 is 0 Å². The van der Waals surface area contributed by atoms with Crippen molar-refractivity contribution in [3.05, 3.63) is 47.1 Å². The fourth-order valence-corrected chi connectivity index (χ4v) is 1.90. The van der Waals surface area contributed by atoms with Crippen molar-refractivity contribution in [2.24, 2.45) is 10.8 Å². The first-order chi connectivity index (χ1) is 8.96. The molecular formula is C19H31N. The van der Waals surface area contributed by atoms with E-state index >= 15 is 0 Å². The Morgan fingerprint density at radius 1 is 1.00 bits per heavy atom. The highest BCUT2D eigenvalue weighted by Gasteiger charge is 2.24. The zero-order valence-corrected chi connectivity index (χ0v) is 14.5. The maximum atomic E-state index is 7.28. The van der Waals surface area contributed by atoms with E-state index in [0.717, 1.165) is 11.1 Å². The third kappa shape index (κ3) is 4.96. The summed E-state index contributed by atoms with van der Waals surface area (Å²) in [5, 5.41) is 7.28. The van der Waals surface area contributed by atoms with Crippen molar-refractivity contribution in [1.29, 1.82) is 5.41 Å². The Kier molecular flexibility index (Phi) is 6.40. The van der Waals surface area contributed by atoms with E-state index in [4.69, 9.17) is 5.41 Å². The van der Waals surface area contributed by atoms with Gasteiger partial charge in [-0.3, -0.25) is 0 Å². The van der Waals surface area contributed by atoms with Crippen LogP contribution in [0.1, 0.15) is 55.4 Å². The fourth-order valence-electron chi connectivity index (χ4n) is 1.90. The van der Waals surface area contributed by atoms with Crippen LogP contribution >= 0.6 is 0 Å². The lowest BCUT2D eigenvalue weighted by Gasteiger charge is -2.29. The molecule has 20 heavy (non-hydrogen) atoms. The van der Waals surface area contributed by atoms with E-state index in [1.807, 2.05) is 13.0 Å². The van der Waals surface area contributed by atoms with Crippen molar-refractivity contribution in [2.75, 3.05) is 0 Å². The SMILES string of the molecule is C=C(/C=C(\C)C=N)C(C)(C)/C(C)=C/C(=C\C)C(C)(C)C. The Bertz CT molecular complexity index is 462. The summed E-state index contributed by atoms with van der Waals surface area (Å²) >= 11 is 0. The molecule has 1 heteroatoms. The zero-order valence-electron chi connectivity index (χ0n) is 14.5. The summed E-state index contributed by atoms with van der Waals surface area (Å²) < 4.78 is 0. The van der Waals surface area contributed by atoms with Gasteiger partial charge in [-0.1, -0.05) is 65.0 Å². The average molecular weight is 273 g/mol. The third-order valence-electron chi connectivity index (χ3n) is 3.97. The number of hydrogen-bond acceptors (Lipinski definition) is 1. The van der Waals surface area contributed by atoms with Gasteiger partial charge in [0.05, 0.1) is 0 Å². The van der Waals surface area contributed by atoms with Crippen molar-refractivity contribution >= 4 is 6.21 Å². The van der Waals surface area contributed by atoms with E-state index in [-0.39, 0.29) is 10.8 Å². The molecule has 0 aliphatic carbocycles. The Labute approximate surface area is 125 Å². The van der Waals surface area contributed by atoms with E-state index in [2.05, 4.69) is 67.2 Å². The summed E-state index contributed by atoms with van der Waals surface area (Å²) in [5.41, 5.74) is 4.63. The van der Waals surface area contributed by atoms with Gasteiger partial charge in [-0.15, -0.1) is 0 Å². The largest absolute Gasteiger partial charge is 0.308 e. The molecule has 1 N–H and O–H groups in total. The minimum Gasteiger partial charge on any atom is -0.308 e. The minimum absolute atomic E-state index is 0.107. The normalized spacial score (nSPS) is 15.3. The molecule has 0 atom stereocenters. The molecule has 0 heterocycles. The Hall–Kier alpha value is -1.37. The topological polar surface area (TPSA) is 23.9 Å². The van der Waals surface area contributed by atoms with Crippen LogP contribution in [-0.2, 0) is 0 Å². The highest BCUT2D eigenvalue weighted by molar-refractivity contribution is 5.75. The van der Waals surface area contributed by atoms with Gasteiger partial charge in [0.1, 0.15) is 0 Å². The molecule has 0 aliphatic heterocycles. The van der Waals surface area contributed by atoms with Crippen LogP contribution in [-0.4, -0.2) is 6.21 Å². The molecule has 0 spiro atoms. The van der Waals surface area contributed by atoms with E-state index in [9.17, 15) is 0 Å². The zero-order chi connectivity index (χ0) is 16.1. The molecule has 112 valence electrons. The second kappa shape index (κ2) is 6.88. The van der Waals surface area contributed by atoms with Gasteiger partial charge in [0, 0.05) is 11.6 Å². The van der Waals surface area contributed by atoms with Gasteiger partial charge in [0.2, 0.25) is 0 Å². The minimum atomic E-state index is -0.107. The molecule has 0 saturated carbocycles. The van der Waals surface area contributed by atoms with Crippen molar-refractivity contribution in [3.63, 3.8) is 0 Å². The van der Waals surface area contributed by atoms with Gasteiger partial charge in [0.25, 0.3) is 0 Å². The van der Waals surface area contributed by atoms with E-state index in [1.165, 1.54) is 17.4 Å². The van der Waals surface area contributed by atoms with Crippen LogP contribution < -0.4 is 0 Å². The van der Waals surface area contributed by atoms with Gasteiger partial charge in [-0.2, -0.15) is 0 Å². The molecule has 0 saturated heterocycles. The molecular weight excluding hydrogens is 242 g/mol. The van der Waals surface area contributed by atoms with E-state index in [0.29, 0.717) is 0 Å². The number of allylic oxidation sites excluding steroid dienone is 7. The Morgan fingerprint density at radius 3 is 1.85 bits per heavy atom. The van der Waals surface area contributed by atoms with Crippen molar-refractivity contribution in [2.45, 2.75) is 55.4 Å². The Morgan fingerprint density at radius 2 is 1.50 bits per heavy atom. The van der Waals surface area contributed by atoms with Crippen molar-refractivity contribution in [1.82, 2.24) is 0 Å². The van der Waals surface area contributed by atoms with Crippen LogP contribution in [0.15, 0.2) is 47.1 Å². The summed E-state index contributed by atoms with van der Waals surface area (Å²) in [6.45, 7) is 21.4. The maximum Gasteiger partial charge on any atom is 0.0207 e. The maximum absolute atomic E-state index is 7.28. The predicted octanol–water partition coefficient (Wildman–Crippen LogP) is 6.10. The smallest absolute Gasteiger partial charge is 0.0207 e. The van der Waals surface area contributed by atoms with Crippen LogP contribution in [0.3, 0.4) is 0 Å². The summed E-state index contributed by atoms with van der Waals surface area (Å²) in [6.07, 6.45) is 7.82. The molecule has 0 amide bonds. The molecule has 0 unspecified atom stereocenters. The van der Waals surface area contributed by atoms with Gasteiger partial charge in [-0.25, -0.2) is 0 Å². The lowest BCUT2D eigenvalue weighted by Crippen LogP contribution is -2.17. The molecule has 0 aliphatic rings. The number of hydrogen-bond donors (Lipinski definition) is 1. The standard InChI is InChI=1S/C19H31N/c1-10-17(18(5,6)7)12-16(4)19(8,9)15(3)11-14(2)13-20/h10-13,20H,3H2,1-2,4-9H3/b14-11+,16-12+,17-10+,20-13?. The molecule has 0 aromatic heterocycles. The van der Waals surface area contributed by atoms with Crippen LogP contribution in [0.25, 0.3) is 0 Å². The second-order valence-corrected chi connectivity index (χ2v) is 7.00. The second-order valence-electron chi connectivity index (χ2n) is 7.00. The molecule has 0 aromatic rings. The lowest BCUT2D eigenvalue weighted by atomic mass is 9.75. The van der Waals surface area contributed by atoms with Crippen LogP contribution in [0.5, 0.6) is 0 Å². The van der Waals surface area contributed by atoms with Crippen LogP contribution in [0, 0.1) is 16.2 Å². The number of nitrogens with one attached hydrogen (secondary N) is 1. The predicted molar refractivity (Wildman–Crippen MR) is 92.4 cm³/mol. The monoisotopic (exact) mass is 273 g/mol. The number of rotatable bonds is 5. The molecule has 0 rings (SSSR count). The van der Waals surface area contributed by atoms with Crippen LogP contribution in [0.2, 0.25) is 0 Å². The fraction of sp³-hybridized carbons (Fsp3) is 0.526.